The Labute approximate surface area is 110 Å². The van der Waals surface area contributed by atoms with Gasteiger partial charge in [0.15, 0.2) is 0 Å². The topological polar surface area (TPSA) is 73.1 Å². The average Bonchev–Trinajstić information content (AvgIpc) is 3.23. The summed E-state index contributed by atoms with van der Waals surface area (Å²) in [4.78, 5) is 35.4. The van der Waals surface area contributed by atoms with Crippen LogP contribution in [0.4, 0.5) is 5.69 Å². The maximum atomic E-state index is 12.0. The highest BCUT2D eigenvalue weighted by molar-refractivity contribution is 5.94. The molecule has 102 valence electrons. The lowest BCUT2D eigenvalue weighted by molar-refractivity contribution is -0.117. The van der Waals surface area contributed by atoms with Crippen molar-refractivity contribution in [3.63, 3.8) is 0 Å². The molecule has 19 heavy (non-hydrogen) atoms. The third kappa shape index (κ3) is 2.11. The molecule has 1 N–H and O–H groups in total. The molecule has 6 nitrogen and oxygen atoms in total. The molecular weight excluding hydrogens is 246 g/mol. The summed E-state index contributed by atoms with van der Waals surface area (Å²) >= 11 is 0. The van der Waals surface area contributed by atoms with E-state index >= 15 is 0 Å². The maximum absolute atomic E-state index is 12.0. The van der Waals surface area contributed by atoms with E-state index in [1.54, 1.807) is 7.05 Å². The molecule has 2 aliphatic rings. The van der Waals surface area contributed by atoms with Crippen LogP contribution in [0.2, 0.25) is 0 Å². The summed E-state index contributed by atoms with van der Waals surface area (Å²) in [7, 11) is 2.96. The molecule has 1 aromatic heterocycles. The molecule has 3 rings (SSSR count). The predicted molar refractivity (Wildman–Crippen MR) is 69.9 cm³/mol. The standard InChI is InChI=1S/C13H17N3O3/c1-15-6-10(12(18)16(2)13(15)19)14-11(17)9-5-8(9)7-3-4-7/h6-9H,3-5H2,1-2H3,(H,14,17). The Morgan fingerprint density at radius 3 is 2.63 bits per heavy atom. The first kappa shape index (κ1) is 12.2. The monoisotopic (exact) mass is 263 g/mol. The van der Waals surface area contributed by atoms with Crippen molar-refractivity contribution in [1.82, 2.24) is 9.13 Å². The molecule has 0 radical (unpaired) electrons. The van der Waals surface area contributed by atoms with Crippen LogP contribution in [0.25, 0.3) is 0 Å². The largest absolute Gasteiger partial charge is 0.330 e. The minimum atomic E-state index is -0.458. The van der Waals surface area contributed by atoms with E-state index in [4.69, 9.17) is 0 Å². The highest BCUT2D eigenvalue weighted by atomic mass is 16.2. The zero-order chi connectivity index (χ0) is 13.7. The number of amides is 1. The third-order valence-electron chi connectivity index (χ3n) is 4.11. The van der Waals surface area contributed by atoms with Gasteiger partial charge in [-0.15, -0.1) is 0 Å². The lowest BCUT2D eigenvalue weighted by Crippen LogP contribution is -2.38. The third-order valence-corrected chi connectivity index (χ3v) is 4.11. The highest BCUT2D eigenvalue weighted by Gasteiger charge is 2.51. The summed E-state index contributed by atoms with van der Waals surface area (Å²) in [6.45, 7) is 0. The predicted octanol–water partition coefficient (Wildman–Crippen LogP) is 0.0686. The summed E-state index contributed by atoms with van der Waals surface area (Å²) in [5.74, 6) is 1.19. The number of carbonyl (C=O) groups excluding carboxylic acids is 1. The smallest absolute Gasteiger partial charge is 0.320 e. The van der Waals surface area contributed by atoms with Crippen LogP contribution in [0, 0.1) is 17.8 Å². The fourth-order valence-corrected chi connectivity index (χ4v) is 2.68. The Kier molecular flexibility index (Phi) is 2.62. The van der Waals surface area contributed by atoms with Crippen LogP contribution >= 0.6 is 0 Å². The molecule has 0 bridgehead atoms. The molecule has 1 heterocycles. The van der Waals surface area contributed by atoms with Crippen molar-refractivity contribution in [3.05, 3.63) is 27.0 Å². The average molecular weight is 263 g/mol. The van der Waals surface area contributed by atoms with Gasteiger partial charge in [0.25, 0.3) is 5.56 Å². The van der Waals surface area contributed by atoms with Crippen LogP contribution in [0.5, 0.6) is 0 Å². The first-order valence-corrected chi connectivity index (χ1v) is 6.56. The number of carbonyl (C=O) groups is 1. The van der Waals surface area contributed by atoms with E-state index in [9.17, 15) is 14.4 Å². The van der Waals surface area contributed by atoms with Gasteiger partial charge in [0.05, 0.1) is 0 Å². The van der Waals surface area contributed by atoms with E-state index in [1.165, 1.54) is 30.7 Å². The van der Waals surface area contributed by atoms with Crippen molar-refractivity contribution < 1.29 is 4.79 Å². The number of anilines is 1. The van der Waals surface area contributed by atoms with Crippen molar-refractivity contribution in [2.45, 2.75) is 19.3 Å². The van der Waals surface area contributed by atoms with Gasteiger partial charge in [-0.25, -0.2) is 4.79 Å². The van der Waals surface area contributed by atoms with E-state index in [0.29, 0.717) is 5.92 Å². The first-order valence-electron chi connectivity index (χ1n) is 6.56. The summed E-state index contributed by atoms with van der Waals surface area (Å²) in [6.07, 6.45) is 4.78. The van der Waals surface area contributed by atoms with Gasteiger partial charge in [0, 0.05) is 26.2 Å². The van der Waals surface area contributed by atoms with Crippen LogP contribution in [-0.2, 0) is 18.9 Å². The molecule has 0 aliphatic heterocycles. The summed E-state index contributed by atoms with van der Waals surface area (Å²) < 4.78 is 2.29. The summed E-state index contributed by atoms with van der Waals surface area (Å²) in [5, 5.41) is 2.66. The Balaban J connectivity index is 1.78. The maximum Gasteiger partial charge on any atom is 0.330 e. The molecule has 0 saturated heterocycles. The molecule has 2 saturated carbocycles. The second-order valence-electron chi connectivity index (χ2n) is 5.63. The zero-order valence-corrected chi connectivity index (χ0v) is 11.0. The SMILES string of the molecule is Cn1cc(NC(=O)C2CC2C2CC2)c(=O)n(C)c1=O. The number of nitrogens with zero attached hydrogens (tertiary/aromatic N) is 2. The van der Waals surface area contributed by atoms with E-state index in [0.717, 1.165) is 16.9 Å². The van der Waals surface area contributed by atoms with E-state index in [-0.39, 0.29) is 17.5 Å². The minimum Gasteiger partial charge on any atom is -0.320 e. The van der Waals surface area contributed by atoms with Crippen molar-refractivity contribution in [1.29, 1.82) is 0 Å². The molecule has 2 aliphatic carbocycles. The van der Waals surface area contributed by atoms with Crippen LogP contribution in [0.3, 0.4) is 0 Å². The van der Waals surface area contributed by atoms with Crippen LogP contribution < -0.4 is 16.6 Å². The number of hydrogen-bond acceptors (Lipinski definition) is 3. The van der Waals surface area contributed by atoms with Gasteiger partial charge in [0.2, 0.25) is 5.91 Å². The van der Waals surface area contributed by atoms with Crippen molar-refractivity contribution in [3.8, 4) is 0 Å². The second-order valence-corrected chi connectivity index (χ2v) is 5.63. The molecule has 2 unspecified atom stereocenters. The van der Waals surface area contributed by atoms with Crippen molar-refractivity contribution in [2.24, 2.45) is 31.8 Å². The van der Waals surface area contributed by atoms with Crippen LogP contribution in [0.1, 0.15) is 19.3 Å². The molecular formula is C13H17N3O3. The lowest BCUT2D eigenvalue weighted by Gasteiger charge is -2.08. The van der Waals surface area contributed by atoms with Gasteiger partial charge < -0.3 is 9.88 Å². The Hall–Kier alpha value is -1.85. The fourth-order valence-electron chi connectivity index (χ4n) is 2.68. The van der Waals surface area contributed by atoms with Gasteiger partial charge in [0.1, 0.15) is 5.69 Å². The highest BCUT2D eigenvalue weighted by Crippen LogP contribution is 2.54. The summed E-state index contributed by atoms with van der Waals surface area (Å²) in [6, 6.07) is 0. The molecule has 1 amide bonds. The van der Waals surface area contributed by atoms with E-state index in [2.05, 4.69) is 5.32 Å². The van der Waals surface area contributed by atoms with Gasteiger partial charge in [-0.05, 0) is 31.1 Å². The van der Waals surface area contributed by atoms with E-state index < -0.39 is 11.2 Å². The van der Waals surface area contributed by atoms with Gasteiger partial charge in [-0.1, -0.05) is 0 Å². The Morgan fingerprint density at radius 1 is 1.32 bits per heavy atom. The molecule has 0 aromatic carbocycles. The number of hydrogen-bond donors (Lipinski definition) is 1. The lowest BCUT2D eigenvalue weighted by atomic mass is 10.2. The van der Waals surface area contributed by atoms with E-state index in [1.807, 2.05) is 0 Å². The Morgan fingerprint density at radius 2 is 2.00 bits per heavy atom. The Bertz CT molecular complexity index is 654. The molecule has 2 atom stereocenters. The van der Waals surface area contributed by atoms with Crippen molar-refractivity contribution in [2.75, 3.05) is 5.32 Å². The molecule has 0 spiro atoms. The van der Waals surface area contributed by atoms with Crippen LogP contribution in [0.15, 0.2) is 15.8 Å². The molecule has 1 aromatic rings. The van der Waals surface area contributed by atoms with Gasteiger partial charge in [-0.2, -0.15) is 0 Å². The fraction of sp³-hybridized carbons (Fsp3) is 0.615. The van der Waals surface area contributed by atoms with Crippen molar-refractivity contribution >= 4 is 11.6 Å². The number of aryl methyl sites for hydroxylation is 1. The zero-order valence-electron chi connectivity index (χ0n) is 11.0. The second kappa shape index (κ2) is 4.08. The summed E-state index contributed by atoms with van der Waals surface area (Å²) in [5.41, 5.74) is -0.679. The van der Waals surface area contributed by atoms with Gasteiger partial charge >= 0.3 is 5.69 Å². The normalized spacial score (nSPS) is 25.2. The first-order chi connectivity index (χ1) is 8.99. The minimum absolute atomic E-state index is 0.0504. The molecule has 2 fully saturated rings. The van der Waals surface area contributed by atoms with Crippen LogP contribution in [-0.4, -0.2) is 15.0 Å². The quantitative estimate of drug-likeness (QED) is 0.838. The van der Waals surface area contributed by atoms with Gasteiger partial charge in [-0.3, -0.25) is 14.2 Å². The number of rotatable bonds is 3. The number of nitrogens with one attached hydrogen (secondary N) is 1. The number of aromatic nitrogens is 2. The molecule has 6 heteroatoms.